The third-order valence-electron chi connectivity index (χ3n) is 4.68. The minimum absolute atomic E-state index is 0.00892. The van der Waals surface area contributed by atoms with Crippen LogP contribution in [0.1, 0.15) is 32.6 Å². The molecule has 2 nitrogen and oxygen atoms in total. The first-order valence-corrected chi connectivity index (χ1v) is 9.04. The summed E-state index contributed by atoms with van der Waals surface area (Å²) in [5.41, 5.74) is 0.651. The summed E-state index contributed by atoms with van der Waals surface area (Å²) < 4.78 is 84.7. The van der Waals surface area contributed by atoms with Gasteiger partial charge in [0, 0.05) is 17.7 Å². The van der Waals surface area contributed by atoms with Gasteiger partial charge in [-0.3, -0.25) is 0 Å². The van der Waals surface area contributed by atoms with Gasteiger partial charge in [-0.05, 0) is 55.2 Å². The molecule has 0 aliphatic rings. The van der Waals surface area contributed by atoms with Crippen molar-refractivity contribution >= 4 is 5.97 Å². The second-order valence-electron chi connectivity index (χ2n) is 7.12. The first kappa shape index (κ1) is 22.4. The third-order valence-corrected chi connectivity index (χ3v) is 4.68. The van der Waals surface area contributed by atoms with Gasteiger partial charge in [0.1, 0.15) is 28.8 Å². The van der Waals surface area contributed by atoms with Crippen molar-refractivity contribution in [1.82, 2.24) is 0 Å². The fourth-order valence-electron chi connectivity index (χ4n) is 3.37. The number of hydrogen-bond acceptors (Lipinski definition) is 2. The molecule has 0 spiro atoms. The molecule has 3 aromatic carbocycles. The van der Waals surface area contributed by atoms with E-state index in [4.69, 9.17) is 4.74 Å². The standard InChI is InChI=1S/C23H16F6O2/c1-11-6-13(3)20(17(24)7-11)14-4-5-16(12(2)8-14)22(30)31-15-9-18(25)21(19(26)10-15)23(27,28)29/h4-10H,1-3H3. The molecule has 8 heteroatoms. The van der Waals surface area contributed by atoms with E-state index in [1.807, 2.05) is 6.07 Å². The van der Waals surface area contributed by atoms with Gasteiger partial charge in [-0.2, -0.15) is 13.2 Å². The van der Waals surface area contributed by atoms with Gasteiger partial charge in [-0.1, -0.05) is 18.2 Å². The molecule has 3 aromatic rings. The zero-order valence-electron chi connectivity index (χ0n) is 16.6. The van der Waals surface area contributed by atoms with Gasteiger partial charge in [0.25, 0.3) is 0 Å². The van der Waals surface area contributed by atoms with Gasteiger partial charge in [0.2, 0.25) is 0 Å². The quantitative estimate of drug-likeness (QED) is 0.252. The van der Waals surface area contributed by atoms with Gasteiger partial charge in [0.05, 0.1) is 5.56 Å². The van der Waals surface area contributed by atoms with E-state index in [-0.39, 0.29) is 5.56 Å². The molecule has 0 radical (unpaired) electrons. The smallest absolute Gasteiger partial charge is 0.422 e. The SMILES string of the molecule is Cc1cc(C)c(-c2ccc(C(=O)Oc3cc(F)c(C(F)(F)F)c(F)c3)c(C)c2)c(F)c1. The number of carbonyl (C=O) groups is 1. The summed E-state index contributed by atoms with van der Waals surface area (Å²) in [6.07, 6.45) is -5.23. The molecule has 0 aliphatic heterocycles. The maximum Gasteiger partial charge on any atom is 0.422 e. The van der Waals surface area contributed by atoms with Gasteiger partial charge >= 0.3 is 12.1 Å². The van der Waals surface area contributed by atoms with Crippen molar-refractivity contribution in [3.05, 3.63) is 87.7 Å². The zero-order chi connectivity index (χ0) is 23.1. The lowest BCUT2D eigenvalue weighted by Crippen LogP contribution is -2.14. The van der Waals surface area contributed by atoms with Crippen LogP contribution in [-0.2, 0) is 6.18 Å². The van der Waals surface area contributed by atoms with Crippen LogP contribution in [0.25, 0.3) is 11.1 Å². The number of alkyl halides is 3. The summed E-state index contributed by atoms with van der Waals surface area (Å²) in [7, 11) is 0. The second kappa shape index (κ2) is 8.09. The van der Waals surface area contributed by atoms with Crippen LogP contribution in [0.3, 0.4) is 0 Å². The number of benzene rings is 3. The van der Waals surface area contributed by atoms with Crippen LogP contribution in [0.4, 0.5) is 26.3 Å². The van der Waals surface area contributed by atoms with Gasteiger partial charge < -0.3 is 4.74 Å². The minimum atomic E-state index is -5.23. The molecule has 0 N–H and O–H groups in total. The van der Waals surface area contributed by atoms with Crippen molar-refractivity contribution in [2.45, 2.75) is 26.9 Å². The Balaban J connectivity index is 1.91. The van der Waals surface area contributed by atoms with Gasteiger partial charge in [0.15, 0.2) is 0 Å². The highest BCUT2D eigenvalue weighted by Crippen LogP contribution is 2.36. The Bertz CT molecular complexity index is 1140. The van der Waals surface area contributed by atoms with Crippen molar-refractivity contribution in [3.8, 4) is 16.9 Å². The van der Waals surface area contributed by atoms with E-state index < -0.39 is 40.9 Å². The van der Waals surface area contributed by atoms with Crippen LogP contribution in [-0.4, -0.2) is 5.97 Å². The molecule has 0 aliphatic carbocycles. The first-order chi connectivity index (χ1) is 14.4. The van der Waals surface area contributed by atoms with Gasteiger partial charge in [-0.15, -0.1) is 0 Å². The Kier molecular flexibility index (Phi) is 5.85. The van der Waals surface area contributed by atoms with E-state index in [1.54, 1.807) is 26.8 Å². The highest BCUT2D eigenvalue weighted by Gasteiger charge is 2.38. The predicted molar refractivity (Wildman–Crippen MR) is 102 cm³/mol. The molecule has 0 amide bonds. The number of halogens is 6. The molecule has 3 rings (SSSR count). The monoisotopic (exact) mass is 438 g/mol. The maximum absolute atomic E-state index is 14.4. The van der Waals surface area contributed by atoms with Crippen LogP contribution >= 0.6 is 0 Å². The Hall–Kier alpha value is -3.29. The summed E-state index contributed by atoms with van der Waals surface area (Å²) in [6, 6.07) is 8.15. The summed E-state index contributed by atoms with van der Waals surface area (Å²) in [4.78, 5) is 12.4. The largest absolute Gasteiger partial charge is 0.423 e. The third kappa shape index (κ3) is 4.57. The number of carbonyl (C=O) groups excluding carboxylic acids is 1. The molecule has 0 fully saturated rings. The molecule has 0 bridgehead atoms. The normalized spacial score (nSPS) is 11.5. The maximum atomic E-state index is 14.4. The van der Waals surface area contributed by atoms with Crippen molar-refractivity contribution < 1.29 is 35.9 Å². The molecule has 0 unspecified atom stereocenters. The van der Waals surface area contributed by atoms with Crippen molar-refractivity contribution in [2.75, 3.05) is 0 Å². The number of rotatable bonds is 3. The fraction of sp³-hybridized carbons (Fsp3) is 0.174. The van der Waals surface area contributed by atoms with E-state index in [0.717, 1.165) is 5.56 Å². The molecule has 0 saturated carbocycles. The Morgan fingerprint density at radius 1 is 0.806 bits per heavy atom. The van der Waals surface area contributed by atoms with Crippen LogP contribution in [0.2, 0.25) is 0 Å². The van der Waals surface area contributed by atoms with Gasteiger partial charge in [-0.25, -0.2) is 18.0 Å². The highest BCUT2D eigenvalue weighted by atomic mass is 19.4. The number of aryl methyl sites for hydroxylation is 3. The summed E-state index contributed by atoms with van der Waals surface area (Å²) in [5.74, 6) is -5.95. The van der Waals surface area contributed by atoms with E-state index in [0.29, 0.717) is 34.4 Å². The molecule has 0 aromatic heterocycles. The second-order valence-corrected chi connectivity index (χ2v) is 7.12. The number of ether oxygens (including phenoxy) is 1. The zero-order valence-corrected chi connectivity index (χ0v) is 16.6. The molecule has 0 saturated heterocycles. The highest BCUT2D eigenvalue weighted by molar-refractivity contribution is 5.93. The van der Waals surface area contributed by atoms with Crippen molar-refractivity contribution in [1.29, 1.82) is 0 Å². The molecular formula is C23H16F6O2. The summed E-state index contributed by atoms with van der Waals surface area (Å²) in [5, 5.41) is 0. The number of hydrogen-bond donors (Lipinski definition) is 0. The van der Waals surface area contributed by atoms with Crippen molar-refractivity contribution in [2.24, 2.45) is 0 Å². The average Bonchev–Trinajstić information content (AvgIpc) is 2.58. The lowest BCUT2D eigenvalue weighted by atomic mass is 9.95. The molecule has 31 heavy (non-hydrogen) atoms. The van der Waals surface area contributed by atoms with E-state index in [9.17, 15) is 31.1 Å². The topological polar surface area (TPSA) is 26.3 Å². The molecule has 0 atom stereocenters. The molecular weight excluding hydrogens is 422 g/mol. The van der Waals surface area contributed by atoms with Crippen LogP contribution in [0, 0.1) is 38.2 Å². The fourth-order valence-corrected chi connectivity index (χ4v) is 3.37. The lowest BCUT2D eigenvalue weighted by Gasteiger charge is -2.13. The lowest BCUT2D eigenvalue weighted by molar-refractivity contribution is -0.142. The molecule has 0 heterocycles. The predicted octanol–water partition coefficient (Wildman–Crippen LogP) is 6.93. The Morgan fingerprint density at radius 3 is 1.94 bits per heavy atom. The van der Waals surface area contributed by atoms with E-state index in [1.165, 1.54) is 18.2 Å². The summed E-state index contributed by atoms with van der Waals surface area (Å²) in [6.45, 7) is 5.06. The van der Waals surface area contributed by atoms with Crippen molar-refractivity contribution in [3.63, 3.8) is 0 Å². The number of esters is 1. The summed E-state index contributed by atoms with van der Waals surface area (Å²) >= 11 is 0. The average molecular weight is 438 g/mol. The minimum Gasteiger partial charge on any atom is -0.423 e. The van der Waals surface area contributed by atoms with E-state index in [2.05, 4.69) is 0 Å². The first-order valence-electron chi connectivity index (χ1n) is 9.04. The van der Waals surface area contributed by atoms with Crippen LogP contribution in [0.15, 0.2) is 42.5 Å². The Morgan fingerprint density at radius 2 is 1.42 bits per heavy atom. The van der Waals surface area contributed by atoms with E-state index >= 15 is 0 Å². The van der Waals surface area contributed by atoms with Crippen LogP contribution < -0.4 is 4.74 Å². The molecule has 162 valence electrons. The Labute approximate surface area is 174 Å². The van der Waals surface area contributed by atoms with Crippen LogP contribution in [0.5, 0.6) is 5.75 Å².